The number of fused-ring (bicyclic) bond motifs is 4. The van der Waals surface area contributed by atoms with E-state index in [0.717, 1.165) is 54.0 Å². The maximum Gasteiger partial charge on any atom is 0.308 e. The molecule has 202 valence electrons. The number of nitrogens with zero attached hydrogens (tertiary/aromatic N) is 1. The number of piperidine rings is 1. The van der Waals surface area contributed by atoms with Crippen LogP contribution in [-0.2, 0) is 32.6 Å². The number of carbonyl (C=O) groups is 2. The van der Waals surface area contributed by atoms with Crippen LogP contribution in [0.2, 0.25) is 0 Å². The van der Waals surface area contributed by atoms with E-state index >= 15 is 0 Å². The molecule has 1 spiro atoms. The van der Waals surface area contributed by atoms with Crippen molar-refractivity contribution in [2.45, 2.75) is 74.0 Å². The van der Waals surface area contributed by atoms with Crippen LogP contribution in [0.4, 0.5) is 0 Å². The van der Waals surface area contributed by atoms with Crippen LogP contribution in [0.3, 0.4) is 0 Å². The average Bonchev–Trinajstić information content (AvgIpc) is 3.54. The molecule has 2 fully saturated rings. The highest BCUT2D eigenvalue weighted by atomic mass is 32.2. The number of esters is 2. The van der Waals surface area contributed by atoms with Crippen LogP contribution in [0, 0.1) is 5.92 Å². The summed E-state index contributed by atoms with van der Waals surface area (Å²) in [6.07, 6.45) is 6.47. The molecule has 1 saturated heterocycles. The molecule has 0 amide bonds. The molecule has 0 radical (unpaired) electrons. The van der Waals surface area contributed by atoms with Crippen LogP contribution in [-0.4, -0.2) is 52.8 Å². The topological polar surface area (TPSA) is 80.9 Å². The lowest BCUT2D eigenvalue weighted by Crippen LogP contribution is -2.75. The van der Waals surface area contributed by atoms with Crippen molar-refractivity contribution >= 4 is 34.6 Å². The van der Waals surface area contributed by atoms with E-state index in [2.05, 4.69) is 40.4 Å². The quantitative estimate of drug-likeness (QED) is 0.272. The fraction of sp³-hybridized carbons (Fsp3) is 0.484. The van der Waals surface area contributed by atoms with Gasteiger partial charge in [0.1, 0.15) is 5.60 Å². The van der Waals surface area contributed by atoms with Crippen molar-refractivity contribution in [1.29, 1.82) is 0 Å². The lowest BCUT2D eigenvalue weighted by Gasteiger charge is -2.63. The summed E-state index contributed by atoms with van der Waals surface area (Å²) in [4.78, 5) is 32.6. The number of aromatic nitrogens is 1. The van der Waals surface area contributed by atoms with E-state index in [4.69, 9.17) is 14.2 Å². The Morgan fingerprint density at radius 2 is 2.03 bits per heavy atom. The van der Waals surface area contributed by atoms with Gasteiger partial charge in [0.15, 0.2) is 17.6 Å². The second kappa shape index (κ2) is 8.04. The Hall–Kier alpha value is -2.97. The first-order valence-corrected chi connectivity index (χ1v) is 15.2. The van der Waals surface area contributed by atoms with Gasteiger partial charge in [0.25, 0.3) is 0 Å². The van der Waals surface area contributed by atoms with Crippen LogP contribution in [0.1, 0.15) is 61.6 Å². The summed E-state index contributed by atoms with van der Waals surface area (Å²) in [6.45, 7) is 4.92. The molecular weight excluding hydrogens is 512 g/mol. The van der Waals surface area contributed by atoms with Gasteiger partial charge in [-0.05, 0) is 73.7 Å². The van der Waals surface area contributed by atoms with E-state index < -0.39 is 11.0 Å². The highest BCUT2D eigenvalue weighted by Gasteiger charge is 2.75. The molecule has 5 aliphatic rings. The molecule has 39 heavy (non-hydrogen) atoms. The summed E-state index contributed by atoms with van der Waals surface area (Å²) < 4.78 is 19.3. The number of likely N-dealkylation sites (tertiary alicyclic amines) is 1. The minimum atomic E-state index is -0.788. The zero-order chi connectivity index (χ0) is 26.7. The third-order valence-electron chi connectivity index (χ3n) is 9.90. The number of benzene rings is 2. The van der Waals surface area contributed by atoms with E-state index in [0.29, 0.717) is 17.9 Å². The Balaban J connectivity index is 1.42. The number of aromatic amines is 1. The predicted octanol–water partition coefficient (Wildman–Crippen LogP) is 5.09. The molecule has 7 nitrogen and oxygen atoms in total. The van der Waals surface area contributed by atoms with E-state index in [9.17, 15) is 9.59 Å². The van der Waals surface area contributed by atoms with Gasteiger partial charge in [-0.2, -0.15) is 0 Å². The SMILES string of the molecule is CSc1ccc2c3c([nH]c2c1)C1Oc2c(OC(C)=O)ccc4c2C12CCN(CC1CC1)C(C4)C2(OC(C)=O)C3. The largest absolute Gasteiger partial charge is 0.479 e. The number of carbonyl (C=O) groups excluding carboxylic acids is 2. The molecule has 8 heteroatoms. The molecule has 4 unspecified atom stereocenters. The monoisotopic (exact) mass is 544 g/mol. The molecule has 2 aromatic carbocycles. The standard InChI is InChI=1S/C31H32N2O5S/c1-16(34)36-24-9-6-19-12-25-31(38-17(2)35)14-22-21-8-7-20(39-3)13-23(21)32-27(22)29-30(31,26(19)28(24)37-29)10-11-33(25)15-18-4-5-18/h6-9,13,18,25,29,32H,4-5,10-12,14-15H2,1-3H3. The van der Waals surface area contributed by atoms with Crippen molar-refractivity contribution in [3.05, 3.63) is 52.7 Å². The molecule has 3 heterocycles. The Morgan fingerprint density at radius 1 is 1.18 bits per heavy atom. The van der Waals surface area contributed by atoms with Crippen LogP contribution in [0.25, 0.3) is 10.9 Å². The maximum absolute atomic E-state index is 13.0. The molecule has 1 N–H and O–H groups in total. The zero-order valence-corrected chi connectivity index (χ0v) is 23.3. The van der Waals surface area contributed by atoms with Crippen molar-refractivity contribution in [1.82, 2.24) is 9.88 Å². The first kappa shape index (κ1) is 23.9. The van der Waals surface area contributed by atoms with Crippen molar-refractivity contribution in [3.8, 4) is 11.5 Å². The minimum absolute atomic E-state index is 0.0449. The lowest BCUT2D eigenvalue weighted by molar-refractivity contribution is -0.208. The van der Waals surface area contributed by atoms with Gasteiger partial charge in [-0.3, -0.25) is 14.5 Å². The fourth-order valence-electron chi connectivity index (χ4n) is 8.38. The summed E-state index contributed by atoms with van der Waals surface area (Å²) in [5, 5.41) is 1.15. The van der Waals surface area contributed by atoms with Gasteiger partial charge < -0.3 is 19.2 Å². The second-order valence-electron chi connectivity index (χ2n) is 12.0. The Labute approximate surface area is 231 Å². The van der Waals surface area contributed by atoms with E-state index in [1.54, 1.807) is 18.7 Å². The molecular formula is C31H32N2O5S. The Morgan fingerprint density at radius 3 is 2.77 bits per heavy atom. The van der Waals surface area contributed by atoms with Crippen molar-refractivity contribution < 1.29 is 23.8 Å². The molecule has 1 saturated carbocycles. The van der Waals surface area contributed by atoms with Gasteiger partial charge in [-0.25, -0.2) is 0 Å². The van der Waals surface area contributed by atoms with E-state index in [1.165, 1.54) is 35.8 Å². The van der Waals surface area contributed by atoms with Crippen LogP contribution < -0.4 is 9.47 Å². The first-order valence-electron chi connectivity index (χ1n) is 14.0. The van der Waals surface area contributed by atoms with Gasteiger partial charge in [0.05, 0.1) is 17.2 Å². The smallest absolute Gasteiger partial charge is 0.308 e. The van der Waals surface area contributed by atoms with Gasteiger partial charge in [-0.1, -0.05) is 12.1 Å². The summed E-state index contributed by atoms with van der Waals surface area (Å²) in [5.41, 5.74) is 4.22. The van der Waals surface area contributed by atoms with Gasteiger partial charge >= 0.3 is 11.9 Å². The minimum Gasteiger partial charge on any atom is -0.479 e. The summed E-state index contributed by atoms with van der Waals surface area (Å²) >= 11 is 1.72. The van der Waals surface area contributed by atoms with Crippen LogP contribution >= 0.6 is 11.8 Å². The molecule has 3 aromatic rings. The number of thioether (sulfide) groups is 1. The van der Waals surface area contributed by atoms with Crippen LogP contribution in [0.5, 0.6) is 11.5 Å². The van der Waals surface area contributed by atoms with E-state index in [-0.39, 0.29) is 24.1 Å². The number of H-pyrrole nitrogens is 1. The number of ether oxygens (including phenoxy) is 3. The average molecular weight is 545 g/mol. The Bertz CT molecular complexity index is 1580. The summed E-state index contributed by atoms with van der Waals surface area (Å²) in [7, 11) is 0. The van der Waals surface area contributed by atoms with Gasteiger partial charge in [0.2, 0.25) is 0 Å². The summed E-state index contributed by atoms with van der Waals surface area (Å²) in [5.74, 6) is 1.17. The number of hydrogen-bond donors (Lipinski definition) is 1. The normalized spacial score (nSPS) is 29.9. The summed E-state index contributed by atoms with van der Waals surface area (Å²) in [6, 6.07) is 10.6. The van der Waals surface area contributed by atoms with Crippen molar-refractivity contribution in [3.63, 3.8) is 0 Å². The highest BCUT2D eigenvalue weighted by molar-refractivity contribution is 7.98. The lowest BCUT2D eigenvalue weighted by atomic mass is 9.48. The predicted molar refractivity (Wildman–Crippen MR) is 147 cm³/mol. The van der Waals surface area contributed by atoms with Gasteiger partial charge in [-0.15, -0.1) is 11.8 Å². The van der Waals surface area contributed by atoms with E-state index in [1.807, 2.05) is 6.07 Å². The number of hydrogen-bond acceptors (Lipinski definition) is 7. The highest BCUT2D eigenvalue weighted by Crippen LogP contribution is 2.70. The second-order valence-corrected chi connectivity index (χ2v) is 12.9. The maximum atomic E-state index is 13.0. The molecule has 4 atom stereocenters. The fourth-order valence-corrected chi connectivity index (χ4v) is 8.82. The molecule has 2 bridgehead atoms. The molecule has 3 aliphatic carbocycles. The van der Waals surface area contributed by atoms with Crippen molar-refractivity contribution in [2.24, 2.45) is 5.92 Å². The third kappa shape index (κ3) is 3.10. The van der Waals surface area contributed by atoms with Crippen molar-refractivity contribution in [2.75, 3.05) is 19.3 Å². The number of nitrogens with one attached hydrogen (secondary N) is 1. The zero-order valence-electron chi connectivity index (χ0n) is 22.5. The first-order chi connectivity index (χ1) is 18.8. The van der Waals surface area contributed by atoms with Crippen LogP contribution in [0.15, 0.2) is 35.2 Å². The third-order valence-corrected chi connectivity index (χ3v) is 10.6. The molecule has 8 rings (SSSR count). The van der Waals surface area contributed by atoms with Gasteiger partial charge in [0, 0.05) is 48.2 Å². The molecule has 1 aromatic heterocycles. The number of rotatable bonds is 5. The molecule has 2 aliphatic heterocycles. The Kier molecular flexibility index (Phi) is 4.92.